The molecule has 0 radical (unpaired) electrons. The molecule has 7 heteroatoms. The summed E-state index contributed by atoms with van der Waals surface area (Å²) in [6.07, 6.45) is 2.27. The predicted octanol–water partition coefficient (Wildman–Crippen LogP) is -0.514. The topological polar surface area (TPSA) is 101 Å². The fourth-order valence-electron chi connectivity index (χ4n) is 1.18. The van der Waals surface area contributed by atoms with E-state index >= 15 is 0 Å². The highest BCUT2D eigenvalue weighted by molar-refractivity contribution is 7.89. The van der Waals surface area contributed by atoms with E-state index in [2.05, 4.69) is 15.3 Å². The monoisotopic (exact) mass is 232 g/mol. The summed E-state index contributed by atoms with van der Waals surface area (Å²) in [6, 6.07) is 0. The molecule has 0 aromatic carbocycles. The summed E-state index contributed by atoms with van der Waals surface area (Å²) in [6.45, 7) is 3.16. The largest absolute Gasteiger partial charge is 0.345 e. The van der Waals surface area contributed by atoms with Crippen molar-refractivity contribution in [3.8, 4) is 0 Å². The van der Waals surface area contributed by atoms with Crippen LogP contribution in [0, 0.1) is 6.92 Å². The molecule has 0 saturated heterocycles. The molecule has 86 valence electrons. The van der Waals surface area contributed by atoms with Crippen molar-refractivity contribution in [1.29, 1.82) is 0 Å². The van der Waals surface area contributed by atoms with Gasteiger partial charge in [0, 0.05) is 18.4 Å². The number of sulfonamides is 1. The Balaban J connectivity index is 2.12. The Morgan fingerprint density at radius 1 is 1.60 bits per heavy atom. The fourth-order valence-corrected chi connectivity index (χ4v) is 1.73. The fraction of sp³-hybridized carbons (Fsp3) is 0.625. The number of imidazole rings is 1. The summed E-state index contributed by atoms with van der Waals surface area (Å²) < 4.78 is 21.2. The molecule has 0 aliphatic carbocycles. The first kappa shape index (κ1) is 12.2. The molecule has 1 aromatic heterocycles. The molecule has 0 spiro atoms. The zero-order valence-electron chi connectivity index (χ0n) is 8.66. The van der Waals surface area contributed by atoms with Gasteiger partial charge in [0.25, 0.3) is 0 Å². The molecule has 1 heterocycles. The molecule has 1 aromatic rings. The van der Waals surface area contributed by atoms with Crippen LogP contribution in [0.4, 0.5) is 0 Å². The Labute approximate surface area is 89.3 Å². The lowest BCUT2D eigenvalue weighted by molar-refractivity contribution is 0.590. The van der Waals surface area contributed by atoms with Gasteiger partial charge < -0.3 is 10.3 Å². The average Bonchev–Trinajstić information content (AvgIpc) is 2.49. The van der Waals surface area contributed by atoms with Crippen LogP contribution in [0.15, 0.2) is 6.20 Å². The first-order valence-corrected chi connectivity index (χ1v) is 6.40. The number of nitrogens with zero attached hydrogens (tertiary/aromatic N) is 1. The average molecular weight is 232 g/mol. The molecule has 0 saturated carbocycles. The molecule has 4 N–H and O–H groups in total. The van der Waals surface area contributed by atoms with Gasteiger partial charge in [0.05, 0.1) is 5.75 Å². The standard InChI is InChI=1S/C8H16N4O2S/c1-7-11-6-8(12-7)5-10-3-2-4-15(9,13)14/h6,10H,2-5H2,1H3,(H,11,12)(H2,9,13,14). The maximum Gasteiger partial charge on any atom is 0.209 e. The second kappa shape index (κ2) is 5.24. The Morgan fingerprint density at radius 3 is 2.87 bits per heavy atom. The van der Waals surface area contributed by atoms with Gasteiger partial charge in [-0.05, 0) is 19.9 Å². The zero-order chi connectivity index (χ0) is 11.3. The number of hydrogen-bond acceptors (Lipinski definition) is 4. The highest BCUT2D eigenvalue weighted by Gasteiger charge is 2.01. The normalized spacial score (nSPS) is 11.9. The number of rotatable bonds is 6. The summed E-state index contributed by atoms with van der Waals surface area (Å²) in [5.74, 6) is 0.887. The molecule has 6 nitrogen and oxygen atoms in total. The Morgan fingerprint density at radius 2 is 2.33 bits per heavy atom. The molecule has 0 fully saturated rings. The summed E-state index contributed by atoms with van der Waals surface area (Å²) in [5, 5.41) is 7.96. The Bertz CT molecular complexity index is 399. The van der Waals surface area contributed by atoms with Crippen molar-refractivity contribution in [2.75, 3.05) is 12.3 Å². The van der Waals surface area contributed by atoms with Gasteiger partial charge >= 0.3 is 0 Å². The third-order valence-corrected chi connectivity index (χ3v) is 2.71. The molecule has 0 amide bonds. The van der Waals surface area contributed by atoms with E-state index in [1.807, 2.05) is 6.92 Å². The first-order valence-electron chi connectivity index (χ1n) is 4.69. The number of H-pyrrole nitrogens is 1. The SMILES string of the molecule is Cc1ncc(CNCCCS(N)(=O)=O)[nH]1. The van der Waals surface area contributed by atoms with E-state index in [1.165, 1.54) is 0 Å². The van der Waals surface area contributed by atoms with Crippen molar-refractivity contribution in [1.82, 2.24) is 15.3 Å². The van der Waals surface area contributed by atoms with Gasteiger partial charge in [0.1, 0.15) is 5.82 Å². The van der Waals surface area contributed by atoms with Crippen molar-refractivity contribution in [3.63, 3.8) is 0 Å². The third kappa shape index (κ3) is 5.50. The van der Waals surface area contributed by atoms with Crippen molar-refractivity contribution in [2.45, 2.75) is 19.9 Å². The van der Waals surface area contributed by atoms with Crippen molar-refractivity contribution in [2.24, 2.45) is 5.14 Å². The van der Waals surface area contributed by atoms with Gasteiger partial charge in [-0.25, -0.2) is 18.5 Å². The third-order valence-electron chi connectivity index (χ3n) is 1.85. The number of primary sulfonamides is 1. The molecule has 1 rings (SSSR count). The maximum absolute atomic E-state index is 10.6. The molecular weight excluding hydrogens is 216 g/mol. The first-order chi connectivity index (χ1) is 6.97. The van der Waals surface area contributed by atoms with Gasteiger partial charge in [-0.2, -0.15) is 0 Å². The molecule has 0 aliphatic rings. The highest BCUT2D eigenvalue weighted by Crippen LogP contribution is 1.94. The van der Waals surface area contributed by atoms with Gasteiger partial charge in [0.2, 0.25) is 10.0 Å². The minimum absolute atomic E-state index is 0.0159. The van der Waals surface area contributed by atoms with Gasteiger partial charge in [-0.15, -0.1) is 0 Å². The van der Waals surface area contributed by atoms with E-state index in [1.54, 1.807) is 6.20 Å². The number of nitrogens with two attached hydrogens (primary N) is 1. The van der Waals surface area contributed by atoms with Crippen molar-refractivity contribution >= 4 is 10.0 Å². The number of aromatic amines is 1. The van der Waals surface area contributed by atoms with Gasteiger partial charge in [0.15, 0.2) is 0 Å². The minimum atomic E-state index is -3.33. The van der Waals surface area contributed by atoms with E-state index in [-0.39, 0.29) is 5.75 Å². The van der Waals surface area contributed by atoms with E-state index in [0.717, 1.165) is 11.5 Å². The number of aryl methyl sites for hydroxylation is 1. The lowest BCUT2D eigenvalue weighted by Gasteiger charge is -2.01. The summed E-state index contributed by atoms with van der Waals surface area (Å²) in [4.78, 5) is 7.11. The number of nitrogens with one attached hydrogen (secondary N) is 2. The summed E-state index contributed by atoms with van der Waals surface area (Å²) in [5.41, 5.74) is 0.989. The summed E-state index contributed by atoms with van der Waals surface area (Å²) in [7, 11) is -3.33. The molecule has 0 aliphatic heterocycles. The van der Waals surface area contributed by atoms with Crippen LogP contribution in [0.1, 0.15) is 17.9 Å². The van der Waals surface area contributed by atoms with E-state index in [9.17, 15) is 8.42 Å². The van der Waals surface area contributed by atoms with Crippen LogP contribution in [0.2, 0.25) is 0 Å². The van der Waals surface area contributed by atoms with Crippen molar-refractivity contribution in [3.05, 3.63) is 17.7 Å². The molecular formula is C8H16N4O2S. The van der Waals surface area contributed by atoms with Crippen LogP contribution < -0.4 is 10.5 Å². The summed E-state index contributed by atoms with van der Waals surface area (Å²) >= 11 is 0. The number of aromatic nitrogens is 2. The van der Waals surface area contributed by atoms with Crippen LogP contribution in [0.25, 0.3) is 0 Å². The molecule has 0 unspecified atom stereocenters. The smallest absolute Gasteiger partial charge is 0.209 e. The van der Waals surface area contributed by atoms with Crippen molar-refractivity contribution < 1.29 is 8.42 Å². The van der Waals surface area contributed by atoms with Gasteiger partial charge in [-0.1, -0.05) is 0 Å². The quantitative estimate of drug-likeness (QED) is 0.575. The lowest BCUT2D eigenvalue weighted by atomic mass is 10.4. The van der Waals surface area contributed by atoms with Crippen LogP contribution >= 0.6 is 0 Å². The van der Waals surface area contributed by atoms with Crippen LogP contribution in [-0.2, 0) is 16.6 Å². The van der Waals surface area contributed by atoms with E-state index in [4.69, 9.17) is 5.14 Å². The Kier molecular flexibility index (Phi) is 4.25. The number of hydrogen-bond donors (Lipinski definition) is 3. The molecule has 15 heavy (non-hydrogen) atoms. The second-order valence-electron chi connectivity index (χ2n) is 3.39. The van der Waals surface area contributed by atoms with E-state index < -0.39 is 10.0 Å². The predicted molar refractivity (Wildman–Crippen MR) is 57.6 cm³/mol. The maximum atomic E-state index is 10.6. The van der Waals surface area contributed by atoms with Crippen LogP contribution in [0.5, 0.6) is 0 Å². The molecule has 0 atom stereocenters. The molecule has 0 bridgehead atoms. The minimum Gasteiger partial charge on any atom is -0.345 e. The van der Waals surface area contributed by atoms with Crippen LogP contribution in [-0.4, -0.2) is 30.7 Å². The second-order valence-corrected chi connectivity index (χ2v) is 5.13. The Hall–Kier alpha value is -0.920. The van der Waals surface area contributed by atoms with E-state index in [0.29, 0.717) is 19.5 Å². The lowest BCUT2D eigenvalue weighted by Crippen LogP contribution is -2.22. The van der Waals surface area contributed by atoms with Gasteiger partial charge in [-0.3, -0.25) is 0 Å². The van der Waals surface area contributed by atoms with Crippen LogP contribution in [0.3, 0.4) is 0 Å². The zero-order valence-corrected chi connectivity index (χ0v) is 9.47. The highest BCUT2D eigenvalue weighted by atomic mass is 32.2.